The van der Waals surface area contributed by atoms with Crippen molar-refractivity contribution in [2.24, 2.45) is 0 Å². The third kappa shape index (κ3) is 4.22. The van der Waals surface area contributed by atoms with Crippen molar-refractivity contribution in [3.63, 3.8) is 0 Å². The summed E-state index contributed by atoms with van der Waals surface area (Å²) in [5, 5.41) is 12.5. The molecule has 0 spiro atoms. The first-order valence-corrected chi connectivity index (χ1v) is 7.21. The smallest absolute Gasteiger partial charge is 0.122 e. The predicted octanol–water partition coefficient (Wildman–Crippen LogP) is 2.30. The van der Waals surface area contributed by atoms with Gasteiger partial charge in [-0.25, -0.2) is 0 Å². The lowest BCUT2D eigenvalue weighted by molar-refractivity contribution is 0.231. The van der Waals surface area contributed by atoms with Crippen LogP contribution < -0.4 is 10.1 Å². The van der Waals surface area contributed by atoms with Crippen molar-refractivity contribution in [2.45, 2.75) is 45.1 Å². The zero-order chi connectivity index (χ0) is 13.7. The Balaban J connectivity index is 1.86. The lowest BCUT2D eigenvalue weighted by Crippen LogP contribution is -2.41. The first-order chi connectivity index (χ1) is 9.11. The van der Waals surface area contributed by atoms with Gasteiger partial charge in [-0.05, 0) is 63.3 Å². The molecule has 19 heavy (non-hydrogen) atoms. The second-order valence-corrected chi connectivity index (χ2v) is 5.93. The summed E-state index contributed by atoms with van der Waals surface area (Å²) in [5.74, 6) is 1.06. The summed E-state index contributed by atoms with van der Waals surface area (Å²) in [6.45, 7) is 6.28. The minimum absolute atomic E-state index is 0.00602. The Bertz CT molecular complexity index is 415. The van der Waals surface area contributed by atoms with Crippen molar-refractivity contribution in [1.29, 1.82) is 0 Å². The number of benzene rings is 1. The fraction of sp³-hybridized carbons (Fsp3) is 0.625. The van der Waals surface area contributed by atoms with Gasteiger partial charge in [0, 0.05) is 12.1 Å². The van der Waals surface area contributed by atoms with Crippen molar-refractivity contribution in [1.82, 2.24) is 5.32 Å². The Morgan fingerprint density at radius 1 is 1.37 bits per heavy atom. The summed E-state index contributed by atoms with van der Waals surface area (Å²) in [4.78, 5) is 0. The first-order valence-electron chi connectivity index (χ1n) is 7.21. The van der Waals surface area contributed by atoms with Gasteiger partial charge in [-0.1, -0.05) is 12.1 Å². The summed E-state index contributed by atoms with van der Waals surface area (Å²) in [6, 6.07) is 6.53. The third-order valence-corrected chi connectivity index (χ3v) is 3.73. The van der Waals surface area contributed by atoms with E-state index in [9.17, 15) is 0 Å². The summed E-state index contributed by atoms with van der Waals surface area (Å²) in [5.41, 5.74) is 2.71. The quantitative estimate of drug-likeness (QED) is 0.827. The molecular weight excluding hydrogens is 238 g/mol. The van der Waals surface area contributed by atoms with Crippen molar-refractivity contribution >= 4 is 0 Å². The number of ether oxygens (including phenoxy) is 1. The summed E-state index contributed by atoms with van der Waals surface area (Å²) in [6.07, 6.45) is 4.05. The van der Waals surface area contributed by atoms with Gasteiger partial charge in [0.1, 0.15) is 5.75 Å². The van der Waals surface area contributed by atoms with Gasteiger partial charge in [-0.2, -0.15) is 0 Å². The van der Waals surface area contributed by atoms with E-state index < -0.39 is 0 Å². The number of aliphatic hydroxyl groups excluding tert-OH is 1. The van der Waals surface area contributed by atoms with Crippen LogP contribution in [0.5, 0.6) is 5.75 Å². The molecule has 2 N–H and O–H groups in total. The maximum Gasteiger partial charge on any atom is 0.122 e. The van der Waals surface area contributed by atoms with Gasteiger partial charge in [0.25, 0.3) is 0 Å². The molecule has 0 bridgehead atoms. The second kappa shape index (κ2) is 6.40. The summed E-state index contributed by atoms with van der Waals surface area (Å²) in [7, 11) is 0. The lowest BCUT2D eigenvalue weighted by Gasteiger charge is -2.25. The first kappa shape index (κ1) is 14.4. The average Bonchev–Trinajstić information content (AvgIpc) is 2.38. The van der Waals surface area contributed by atoms with Crippen LogP contribution in [0.25, 0.3) is 0 Å². The molecule has 2 rings (SSSR count). The highest BCUT2D eigenvalue weighted by Gasteiger charge is 2.15. The maximum absolute atomic E-state index is 9.00. The van der Waals surface area contributed by atoms with Crippen molar-refractivity contribution in [2.75, 3.05) is 19.8 Å². The molecule has 3 nitrogen and oxygen atoms in total. The van der Waals surface area contributed by atoms with E-state index in [0.717, 1.165) is 44.6 Å². The minimum Gasteiger partial charge on any atom is -0.493 e. The van der Waals surface area contributed by atoms with E-state index in [1.807, 2.05) is 0 Å². The van der Waals surface area contributed by atoms with Gasteiger partial charge >= 0.3 is 0 Å². The molecule has 0 saturated carbocycles. The van der Waals surface area contributed by atoms with E-state index in [2.05, 4.69) is 37.4 Å². The van der Waals surface area contributed by atoms with Crippen LogP contribution in [0.15, 0.2) is 18.2 Å². The molecule has 0 radical (unpaired) electrons. The summed E-state index contributed by atoms with van der Waals surface area (Å²) >= 11 is 0. The lowest BCUT2D eigenvalue weighted by atomic mass is 9.99. The molecule has 0 fully saturated rings. The monoisotopic (exact) mass is 263 g/mol. The zero-order valence-electron chi connectivity index (χ0n) is 12.0. The van der Waals surface area contributed by atoms with Crippen LogP contribution in [0.1, 0.15) is 37.8 Å². The number of aryl methyl sites for hydroxylation is 1. The molecule has 1 aromatic rings. The highest BCUT2D eigenvalue weighted by molar-refractivity contribution is 5.38. The van der Waals surface area contributed by atoms with Crippen LogP contribution in [0.4, 0.5) is 0 Å². The van der Waals surface area contributed by atoms with Crippen LogP contribution in [0, 0.1) is 0 Å². The number of fused-ring (bicyclic) bond motifs is 1. The van der Waals surface area contributed by atoms with E-state index in [1.54, 1.807) is 0 Å². The van der Waals surface area contributed by atoms with Gasteiger partial charge in [-0.15, -0.1) is 0 Å². The Hall–Kier alpha value is -1.06. The normalized spacial score (nSPS) is 14.9. The van der Waals surface area contributed by atoms with Crippen LogP contribution >= 0.6 is 0 Å². The fourth-order valence-corrected chi connectivity index (χ4v) is 2.48. The van der Waals surface area contributed by atoms with Crippen LogP contribution in [0.2, 0.25) is 0 Å². The van der Waals surface area contributed by atoms with Gasteiger partial charge in [0.15, 0.2) is 0 Å². The van der Waals surface area contributed by atoms with Crippen molar-refractivity contribution in [3.05, 3.63) is 29.3 Å². The highest BCUT2D eigenvalue weighted by Crippen LogP contribution is 2.25. The molecule has 1 heterocycles. The topological polar surface area (TPSA) is 41.5 Å². The van der Waals surface area contributed by atoms with Gasteiger partial charge in [-0.3, -0.25) is 0 Å². The minimum atomic E-state index is 0.00602. The number of hydrogen-bond acceptors (Lipinski definition) is 3. The molecule has 0 aliphatic carbocycles. The molecule has 1 aliphatic heterocycles. The SMILES string of the molecule is CC(C)(CCO)NCCc1ccc2c(c1)CCCO2. The van der Waals surface area contributed by atoms with E-state index in [0.29, 0.717) is 0 Å². The van der Waals surface area contributed by atoms with Crippen LogP contribution in [-0.4, -0.2) is 30.4 Å². The van der Waals surface area contributed by atoms with Crippen molar-refractivity contribution in [3.8, 4) is 5.75 Å². The Kier molecular flexibility index (Phi) is 4.83. The molecule has 0 unspecified atom stereocenters. The number of aliphatic hydroxyl groups is 1. The highest BCUT2D eigenvalue weighted by atomic mass is 16.5. The summed E-state index contributed by atoms with van der Waals surface area (Å²) < 4.78 is 5.63. The van der Waals surface area contributed by atoms with Gasteiger partial charge in [0.05, 0.1) is 6.61 Å². The molecule has 0 saturated heterocycles. The van der Waals surface area contributed by atoms with E-state index >= 15 is 0 Å². The third-order valence-electron chi connectivity index (χ3n) is 3.73. The van der Waals surface area contributed by atoms with Gasteiger partial charge < -0.3 is 15.2 Å². The van der Waals surface area contributed by atoms with E-state index in [4.69, 9.17) is 9.84 Å². The molecule has 106 valence electrons. The maximum atomic E-state index is 9.00. The molecule has 3 heteroatoms. The predicted molar refractivity (Wildman–Crippen MR) is 77.7 cm³/mol. The Morgan fingerprint density at radius 2 is 2.21 bits per heavy atom. The standard InChI is InChI=1S/C16H25NO2/c1-16(2,8-10-18)17-9-7-13-5-6-15-14(12-13)4-3-11-19-15/h5-6,12,17-18H,3-4,7-11H2,1-2H3. The number of hydrogen-bond donors (Lipinski definition) is 2. The molecule has 0 atom stereocenters. The van der Waals surface area contributed by atoms with Crippen LogP contribution in [0.3, 0.4) is 0 Å². The molecule has 1 aliphatic rings. The van der Waals surface area contributed by atoms with E-state index in [-0.39, 0.29) is 12.1 Å². The molecule has 1 aromatic carbocycles. The van der Waals surface area contributed by atoms with E-state index in [1.165, 1.54) is 11.1 Å². The van der Waals surface area contributed by atoms with Gasteiger partial charge in [0.2, 0.25) is 0 Å². The molecule has 0 amide bonds. The largest absolute Gasteiger partial charge is 0.493 e. The molecule has 0 aromatic heterocycles. The number of rotatable bonds is 6. The average molecular weight is 263 g/mol. The number of nitrogens with one attached hydrogen (secondary N) is 1. The van der Waals surface area contributed by atoms with Crippen molar-refractivity contribution < 1.29 is 9.84 Å². The Morgan fingerprint density at radius 3 is 3.00 bits per heavy atom. The molecular formula is C16H25NO2. The second-order valence-electron chi connectivity index (χ2n) is 5.93. The zero-order valence-corrected chi connectivity index (χ0v) is 12.0. The van der Waals surface area contributed by atoms with Crippen LogP contribution in [-0.2, 0) is 12.8 Å². The Labute approximate surface area is 116 Å². The fourth-order valence-electron chi connectivity index (χ4n) is 2.48.